The molecule has 0 aliphatic carbocycles. The minimum Gasteiger partial charge on any atom is -0.497 e. The number of thiazole rings is 1. The Hall–Kier alpha value is -2.45. The van der Waals surface area contributed by atoms with Crippen LogP contribution in [0.15, 0.2) is 35.5 Å². The first-order chi connectivity index (χ1) is 11.6. The molecule has 7 nitrogen and oxygen atoms in total. The second-order valence-electron chi connectivity index (χ2n) is 5.15. The van der Waals surface area contributed by atoms with E-state index in [1.807, 2.05) is 22.8 Å². The third-order valence-electron chi connectivity index (χ3n) is 3.54. The molecule has 0 aliphatic heterocycles. The molecule has 0 spiro atoms. The van der Waals surface area contributed by atoms with E-state index in [0.717, 1.165) is 16.0 Å². The zero-order valence-corrected chi connectivity index (χ0v) is 14.5. The molecular formula is C16H18N4O3S. The lowest BCUT2D eigenvalue weighted by molar-refractivity contribution is 0.0992. The first-order valence-electron chi connectivity index (χ1n) is 7.37. The number of aryl methyl sites for hydroxylation is 1. The zero-order chi connectivity index (χ0) is 17.1. The first-order valence-corrected chi connectivity index (χ1v) is 8.19. The minimum absolute atomic E-state index is 0.325. The van der Waals surface area contributed by atoms with Gasteiger partial charge in [0.05, 0.1) is 23.9 Å². The van der Waals surface area contributed by atoms with Crippen LogP contribution in [0, 0.1) is 0 Å². The maximum Gasteiger partial charge on any atom is 0.300 e. The zero-order valence-electron chi connectivity index (χ0n) is 13.7. The van der Waals surface area contributed by atoms with Gasteiger partial charge in [-0.15, -0.1) is 0 Å². The van der Waals surface area contributed by atoms with Crippen molar-refractivity contribution in [2.24, 2.45) is 12.0 Å². The fourth-order valence-corrected chi connectivity index (χ4v) is 3.42. The average molecular weight is 346 g/mol. The third-order valence-corrected chi connectivity index (χ3v) is 4.58. The summed E-state index contributed by atoms with van der Waals surface area (Å²) in [5.74, 6) is 0.408. The van der Waals surface area contributed by atoms with Crippen LogP contribution >= 0.6 is 11.3 Å². The van der Waals surface area contributed by atoms with Gasteiger partial charge in [0, 0.05) is 26.9 Å². The monoisotopic (exact) mass is 346 g/mol. The summed E-state index contributed by atoms with van der Waals surface area (Å²) in [6.45, 7) is 1.14. The minimum atomic E-state index is -0.361. The number of nitrogens with zero attached hydrogens (tertiary/aromatic N) is 4. The predicted octanol–water partition coefficient (Wildman–Crippen LogP) is 1.83. The lowest BCUT2D eigenvalue weighted by Gasteiger charge is -2.04. The Labute approximate surface area is 142 Å². The van der Waals surface area contributed by atoms with Gasteiger partial charge in [-0.05, 0) is 24.3 Å². The highest BCUT2D eigenvalue weighted by Gasteiger charge is 2.11. The highest BCUT2D eigenvalue weighted by atomic mass is 32.1. The standard InChI is InChI=1S/C16H18N4O3S/c1-19-7-6-12(18-19)15(21)17-16-20(8-9-22-2)13-5-4-11(23-3)10-14(13)24-16/h4-7,10H,8-9H2,1-3H3. The molecule has 0 radical (unpaired) electrons. The number of aromatic nitrogens is 3. The summed E-state index contributed by atoms with van der Waals surface area (Å²) in [5, 5.41) is 4.10. The third kappa shape index (κ3) is 3.24. The highest BCUT2D eigenvalue weighted by molar-refractivity contribution is 7.16. The Balaban J connectivity index is 2.10. The van der Waals surface area contributed by atoms with Crippen LogP contribution in [0.1, 0.15) is 10.5 Å². The maximum absolute atomic E-state index is 12.3. The van der Waals surface area contributed by atoms with Gasteiger partial charge in [0.1, 0.15) is 5.75 Å². The van der Waals surface area contributed by atoms with Crippen molar-refractivity contribution in [2.45, 2.75) is 6.54 Å². The van der Waals surface area contributed by atoms with Crippen LogP contribution < -0.4 is 9.54 Å². The summed E-state index contributed by atoms with van der Waals surface area (Å²) in [5.41, 5.74) is 1.32. The van der Waals surface area contributed by atoms with Crippen molar-refractivity contribution in [3.05, 3.63) is 41.0 Å². The van der Waals surface area contributed by atoms with Crippen molar-refractivity contribution in [2.75, 3.05) is 20.8 Å². The maximum atomic E-state index is 12.3. The molecule has 0 unspecified atom stereocenters. The number of benzene rings is 1. The van der Waals surface area contributed by atoms with Crippen molar-refractivity contribution in [1.82, 2.24) is 14.3 Å². The average Bonchev–Trinajstić information content (AvgIpc) is 3.15. The predicted molar refractivity (Wildman–Crippen MR) is 91.3 cm³/mol. The van der Waals surface area contributed by atoms with E-state index in [0.29, 0.717) is 23.6 Å². The van der Waals surface area contributed by atoms with Crippen molar-refractivity contribution < 1.29 is 14.3 Å². The van der Waals surface area contributed by atoms with Crippen LogP contribution in [0.3, 0.4) is 0 Å². The molecule has 1 amide bonds. The summed E-state index contributed by atoms with van der Waals surface area (Å²) in [4.78, 5) is 17.2. The number of hydrogen-bond donors (Lipinski definition) is 0. The number of amides is 1. The Bertz CT molecular complexity index is 938. The summed E-state index contributed by atoms with van der Waals surface area (Å²) >= 11 is 1.44. The van der Waals surface area contributed by atoms with E-state index >= 15 is 0 Å². The van der Waals surface area contributed by atoms with Gasteiger partial charge in [0.2, 0.25) is 0 Å². The van der Waals surface area contributed by atoms with Crippen molar-refractivity contribution in [1.29, 1.82) is 0 Å². The van der Waals surface area contributed by atoms with Crippen LogP contribution in [0.4, 0.5) is 0 Å². The Morgan fingerprint density at radius 1 is 1.33 bits per heavy atom. The van der Waals surface area contributed by atoms with Crippen molar-refractivity contribution >= 4 is 27.5 Å². The largest absolute Gasteiger partial charge is 0.497 e. The molecule has 8 heteroatoms. The van der Waals surface area contributed by atoms with Gasteiger partial charge in [-0.2, -0.15) is 10.1 Å². The SMILES string of the molecule is COCCn1c(=NC(=O)c2ccn(C)n2)sc2cc(OC)ccc21. The molecular weight excluding hydrogens is 328 g/mol. The van der Waals surface area contributed by atoms with E-state index in [-0.39, 0.29) is 5.91 Å². The van der Waals surface area contributed by atoms with E-state index in [1.165, 1.54) is 11.3 Å². The molecule has 1 aromatic carbocycles. The lowest BCUT2D eigenvalue weighted by atomic mass is 10.3. The van der Waals surface area contributed by atoms with Gasteiger partial charge < -0.3 is 14.0 Å². The summed E-state index contributed by atoms with van der Waals surface area (Å²) in [6, 6.07) is 7.45. The Morgan fingerprint density at radius 2 is 2.17 bits per heavy atom. The van der Waals surface area contributed by atoms with Gasteiger partial charge in [-0.1, -0.05) is 11.3 Å². The normalized spacial score (nSPS) is 12.0. The molecule has 0 N–H and O–H groups in total. The molecule has 24 heavy (non-hydrogen) atoms. The molecule has 0 atom stereocenters. The van der Waals surface area contributed by atoms with Gasteiger partial charge in [0.15, 0.2) is 10.5 Å². The Morgan fingerprint density at radius 3 is 2.83 bits per heavy atom. The van der Waals surface area contributed by atoms with Crippen LogP contribution in [0.25, 0.3) is 10.2 Å². The molecule has 0 saturated carbocycles. The number of methoxy groups -OCH3 is 2. The molecule has 2 aromatic heterocycles. The van der Waals surface area contributed by atoms with Gasteiger partial charge in [0.25, 0.3) is 5.91 Å². The number of carbonyl (C=O) groups is 1. The summed E-state index contributed by atoms with van der Waals surface area (Å²) in [6.07, 6.45) is 1.72. The van der Waals surface area contributed by atoms with E-state index in [1.54, 1.807) is 38.2 Å². The van der Waals surface area contributed by atoms with Crippen LogP contribution in [-0.4, -0.2) is 41.1 Å². The fourth-order valence-electron chi connectivity index (χ4n) is 2.34. The second kappa shape index (κ2) is 6.98. The number of fused-ring (bicyclic) bond motifs is 1. The van der Waals surface area contributed by atoms with Gasteiger partial charge >= 0.3 is 0 Å². The molecule has 126 valence electrons. The van der Waals surface area contributed by atoms with E-state index in [4.69, 9.17) is 9.47 Å². The quantitative estimate of drug-likeness (QED) is 0.707. The molecule has 3 rings (SSSR count). The van der Waals surface area contributed by atoms with Crippen LogP contribution in [-0.2, 0) is 18.3 Å². The molecule has 3 aromatic rings. The molecule has 0 aliphatic rings. The molecule has 2 heterocycles. The molecule has 0 bridgehead atoms. The lowest BCUT2D eigenvalue weighted by Crippen LogP contribution is -2.19. The summed E-state index contributed by atoms with van der Waals surface area (Å²) in [7, 11) is 5.04. The van der Waals surface area contributed by atoms with E-state index < -0.39 is 0 Å². The van der Waals surface area contributed by atoms with E-state index in [2.05, 4.69) is 10.1 Å². The molecule has 0 fully saturated rings. The van der Waals surface area contributed by atoms with Crippen LogP contribution in [0.5, 0.6) is 5.75 Å². The Kier molecular flexibility index (Phi) is 4.77. The number of hydrogen-bond acceptors (Lipinski definition) is 5. The molecule has 0 saturated heterocycles. The van der Waals surface area contributed by atoms with Crippen molar-refractivity contribution in [3.63, 3.8) is 0 Å². The number of carbonyl (C=O) groups excluding carboxylic acids is 1. The number of ether oxygens (including phenoxy) is 2. The first kappa shape index (κ1) is 16.4. The van der Waals surface area contributed by atoms with Crippen LogP contribution in [0.2, 0.25) is 0 Å². The summed E-state index contributed by atoms with van der Waals surface area (Å²) < 4.78 is 15.0. The fraction of sp³-hybridized carbons (Fsp3) is 0.312. The highest BCUT2D eigenvalue weighted by Crippen LogP contribution is 2.23. The topological polar surface area (TPSA) is 70.6 Å². The smallest absolute Gasteiger partial charge is 0.300 e. The van der Waals surface area contributed by atoms with E-state index in [9.17, 15) is 4.79 Å². The van der Waals surface area contributed by atoms with Gasteiger partial charge in [-0.3, -0.25) is 9.48 Å². The van der Waals surface area contributed by atoms with Gasteiger partial charge in [-0.25, -0.2) is 0 Å². The van der Waals surface area contributed by atoms with Crippen molar-refractivity contribution in [3.8, 4) is 5.75 Å². The number of rotatable bonds is 5. The second-order valence-corrected chi connectivity index (χ2v) is 6.16.